The molecule has 1 saturated heterocycles. The predicted octanol–water partition coefficient (Wildman–Crippen LogP) is 2.15. The molecular weight excluding hydrogens is 520 g/mol. The predicted molar refractivity (Wildman–Crippen MR) is 151 cm³/mol. The molecule has 10 nitrogen and oxygen atoms in total. The maximum absolute atomic E-state index is 13.1. The van der Waals surface area contributed by atoms with Crippen LogP contribution in [0.2, 0.25) is 0 Å². The van der Waals surface area contributed by atoms with Crippen LogP contribution in [-0.4, -0.2) is 93.5 Å². The number of nitrogens with zero attached hydrogens (tertiary/aromatic N) is 2. The van der Waals surface area contributed by atoms with Gasteiger partial charge >= 0.3 is 11.9 Å². The lowest BCUT2D eigenvalue weighted by Crippen LogP contribution is -2.51. The topological polar surface area (TPSA) is 153 Å². The van der Waals surface area contributed by atoms with Crippen LogP contribution in [0.15, 0.2) is 42.5 Å². The summed E-state index contributed by atoms with van der Waals surface area (Å²) in [7, 11) is 0. The second-order valence-corrected chi connectivity index (χ2v) is 10.9. The Balaban J connectivity index is 1.79. The quantitative estimate of drug-likeness (QED) is 0.257. The van der Waals surface area contributed by atoms with E-state index in [9.17, 15) is 24.3 Å². The summed E-state index contributed by atoms with van der Waals surface area (Å²) in [6.07, 6.45) is 3.61. The molecule has 3 rings (SSSR count). The van der Waals surface area contributed by atoms with Crippen LogP contribution in [0, 0.1) is 0 Å². The van der Waals surface area contributed by atoms with Crippen molar-refractivity contribution in [3.8, 4) is 0 Å². The molecule has 11 heteroatoms. The lowest BCUT2D eigenvalue weighted by Gasteiger charge is -2.32. The number of rotatable bonds is 15. The molecule has 2 amide bonds. The Labute approximate surface area is 232 Å². The third kappa shape index (κ3) is 8.94. The lowest BCUT2D eigenvalue weighted by atomic mass is 10.0. The van der Waals surface area contributed by atoms with Gasteiger partial charge in [-0.2, -0.15) is 11.8 Å². The van der Waals surface area contributed by atoms with E-state index in [0.717, 1.165) is 29.2 Å². The summed E-state index contributed by atoms with van der Waals surface area (Å²) in [6.45, 7) is 1.32. The Morgan fingerprint density at radius 3 is 2.59 bits per heavy atom. The van der Waals surface area contributed by atoms with Gasteiger partial charge in [0.25, 0.3) is 0 Å². The number of nitrogens with one attached hydrogen (secondary N) is 1. The van der Waals surface area contributed by atoms with Gasteiger partial charge in [0.2, 0.25) is 11.8 Å². The summed E-state index contributed by atoms with van der Waals surface area (Å²) in [4.78, 5) is 52.4. The van der Waals surface area contributed by atoms with E-state index in [4.69, 9.17) is 10.8 Å². The second-order valence-electron chi connectivity index (χ2n) is 9.91. The molecule has 0 radical (unpaired) electrons. The zero-order chi connectivity index (χ0) is 28.4. The van der Waals surface area contributed by atoms with E-state index in [-0.39, 0.29) is 31.3 Å². The second kappa shape index (κ2) is 14.9. The molecule has 3 atom stereocenters. The molecule has 0 aliphatic carbocycles. The summed E-state index contributed by atoms with van der Waals surface area (Å²) in [6, 6.07) is 11.9. The summed E-state index contributed by atoms with van der Waals surface area (Å²) >= 11 is 1.52. The first-order valence-corrected chi connectivity index (χ1v) is 14.6. The minimum absolute atomic E-state index is 0.0319. The van der Waals surface area contributed by atoms with Crippen LogP contribution in [0.3, 0.4) is 0 Å². The van der Waals surface area contributed by atoms with Gasteiger partial charge in [-0.1, -0.05) is 42.5 Å². The zero-order valence-corrected chi connectivity index (χ0v) is 23.1. The van der Waals surface area contributed by atoms with Gasteiger partial charge in [-0.3, -0.25) is 19.3 Å². The van der Waals surface area contributed by atoms with Crippen molar-refractivity contribution in [3.63, 3.8) is 0 Å². The van der Waals surface area contributed by atoms with Crippen LogP contribution in [0.1, 0.15) is 37.7 Å². The lowest BCUT2D eigenvalue weighted by molar-refractivity contribution is -0.142. The number of hydrogen-bond donors (Lipinski definition) is 4. The first-order valence-electron chi connectivity index (χ1n) is 13.2. The average molecular weight is 559 g/mol. The molecule has 0 saturated carbocycles. The summed E-state index contributed by atoms with van der Waals surface area (Å²) in [5, 5.41) is 23.3. The molecule has 2 aromatic carbocycles. The van der Waals surface area contributed by atoms with E-state index in [1.165, 1.54) is 11.8 Å². The Morgan fingerprint density at radius 1 is 1.13 bits per heavy atom. The van der Waals surface area contributed by atoms with Crippen molar-refractivity contribution in [1.29, 1.82) is 0 Å². The highest BCUT2D eigenvalue weighted by Gasteiger charge is 2.33. The van der Waals surface area contributed by atoms with Crippen molar-refractivity contribution in [2.24, 2.45) is 5.73 Å². The highest BCUT2D eigenvalue weighted by Crippen LogP contribution is 2.23. The van der Waals surface area contributed by atoms with Gasteiger partial charge in [0.05, 0.1) is 12.6 Å². The van der Waals surface area contributed by atoms with E-state index in [2.05, 4.69) is 5.32 Å². The van der Waals surface area contributed by atoms with Gasteiger partial charge in [0.15, 0.2) is 0 Å². The molecule has 2 aromatic rings. The summed E-state index contributed by atoms with van der Waals surface area (Å²) in [5.41, 5.74) is 7.06. The number of carbonyl (C=O) groups is 4. The molecule has 5 N–H and O–H groups in total. The van der Waals surface area contributed by atoms with E-state index in [0.29, 0.717) is 31.8 Å². The summed E-state index contributed by atoms with van der Waals surface area (Å²) < 4.78 is 0. The van der Waals surface area contributed by atoms with Crippen molar-refractivity contribution in [3.05, 3.63) is 48.0 Å². The van der Waals surface area contributed by atoms with Crippen molar-refractivity contribution < 1.29 is 29.4 Å². The number of carboxylic acids is 2. The molecule has 1 fully saturated rings. The van der Waals surface area contributed by atoms with Crippen molar-refractivity contribution >= 4 is 46.3 Å². The minimum Gasteiger partial charge on any atom is -0.481 e. The van der Waals surface area contributed by atoms with Gasteiger partial charge < -0.3 is 26.2 Å². The van der Waals surface area contributed by atoms with Crippen LogP contribution >= 0.6 is 11.8 Å². The van der Waals surface area contributed by atoms with Crippen molar-refractivity contribution in [2.45, 2.75) is 56.8 Å². The van der Waals surface area contributed by atoms with E-state index >= 15 is 0 Å². The number of carbonyl (C=O) groups excluding carboxylic acids is 2. The number of nitrogens with two attached hydrogens (primary N) is 1. The van der Waals surface area contributed by atoms with E-state index in [1.54, 1.807) is 4.90 Å². The molecule has 1 aliphatic rings. The van der Waals surface area contributed by atoms with Crippen LogP contribution in [0.25, 0.3) is 10.8 Å². The molecule has 212 valence electrons. The van der Waals surface area contributed by atoms with Gasteiger partial charge in [-0.15, -0.1) is 0 Å². The molecule has 0 spiro atoms. The van der Waals surface area contributed by atoms with Gasteiger partial charge in [-0.05, 0) is 54.0 Å². The first-order chi connectivity index (χ1) is 18.7. The highest BCUT2D eigenvalue weighted by molar-refractivity contribution is 7.98. The molecular formula is C28H38N4O6S. The maximum Gasteiger partial charge on any atom is 0.326 e. The minimum atomic E-state index is -1.07. The Hall–Kier alpha value is -3.15. The SMILES string of the molecule is CSCC[C@H](NC(=O)CN(Cc1cccc2ccccc12)C[C@@H]1CCCN1C(=O)[C@@H](N)CCC(=O)O)C(=O)O. The third-order valence-electron chi connectivity index (χ3n) is 7.00. The Bertz CT molecular complexity index is 1160. The fourth-order valence-electron chi connectivity index (χ4n) is 5.02. The molecule has 1 heterocycles. The number of benzene rings is 2. The molecule has 0 unspecified atom stereocenters. The number of fused-ring (bicyclic) bond motifs is 1. The fourth-order valence-corrected chi connectivity index (χ4v) is 5.49. The van der Waals surface area contributed by atoms with E-state index < -0.39 is 29.9 Å². The monoisotopic (exact) mass is 558 g/mol. The highest BCUT2D eigenvalue weighted by atomic mass is 32.2. The number of amides is 2. The largest absolute Gasteiger partial charge is 0.481 e. The average Bonchev–Trinajstić information content (AvgIpc) is 3.37. The van der Waals surface area contributed by atoms with E-state index in [1.807, 2.05) is 53.6 Å². The number of likely N-dealkylation sites (tertiary alicyclic amines) is 1. The van der Waals surface area contributed by atoms with Crippen molar-refractivity contribution in [1.82, 2.24) is 15.1 Å². The zero-order valence-electron chi connectivity index (χ0n) is 22.3. The fraction of sp³-hybridized carbons (Fsp3) is 0.500. The van der Waals surface area contributed by atoms with Crippen LogP contribution in [-0.2, 0) is 25.7 Å². The summed E-state index contributed by atoms with van der Waals surface area (Å²) in [5.74, 6) is -2.13. The van der Waals surface area contributed by atoms with Crippen LogP contribution < -0.4 is 11.1 Å². The first kappa shape index (κ1) is 30.4. The van der Waals surface area contributed by atoms with Gasteiger partial charge in [-0.25, -0.2) is 4.79 Å². The van der Waals surface area contributed by atoms with Gasteiger partial charge in [0.1, 0.15) is 6.04 Å². The van der Waals surface area contributed by atoms with Gasteiger partial charge in [0, 0.05) is 32.1 Å². The normalized spacial score (nSPS) is 16.8. The number of hydrogen-bond acceptors (Lipinski definition) is 7. The smallest absolute Gasteiger partial charge is 0.326 e. The Kier molecular flexibility index (Phi) is 11.6. The maximum atomic E-state index is 13.1. The molecule has 0 bridgehead atoms. The number of carboxylic acid groups (broad SMARTS) is 2. The van der Waals surface area contributed by atoms with Crippen LogP contribution in [0.5, 0.6) is 0 Å². The molecule has 0 aromatic heterocycles. The Morgan fingerprint density at radius 2 is 1.87 bits per heavy atom. The molecule has 1 aliphatic heterocycles. The van der Waals surface area contributed by atoms with Crippen LogP contribution in [0.4, 0.5) is 0 Å². The van der Waals surface area contributed by atoms with Crippen molar-refractivity contribution in [2.75, 3.05) is 31.6 Å². The number of aliphatic carboxylic acids is 2. The molecule has 39 heavy (non-hydrogen) atoms. The third-order valence-corrected chi connectivity index (χ3v) is 7.64. The number of thioether (sulfide) groups is 1. The standard InChI is InChI=1S/C28H38N4O6S/c1-39-15-13-24(28(37)38)30-25(33)18-31(16-20-8-4-7-19-6-2-3-10-22(19)20)17-21-9-5-14-32(21)27(36)23(29)11-12-26(34)35/h2-4,6-8,10,21,23-24H,5,9,11-18,29H2,1H3,(H,30,33)(H,34,35)(H,37,38)/t21-,23-,24-/m0/s1.